The van der Waals surface area contributed by atoms with Crippen LogP contribution in [0.5, 0.6) is 11.6 Å². The number of benzene rings is 1. The monoisotopic (exact) mass is 319 g/mol. The van der Waals surface area contributed by atoms with E-state index in [2.05, 4.69) is 28.5 Å². The van der Waals surface area contributed by atoms with Crippen molar-refractivity contribution in [3.05, 3.63) is 60.3 Å². The summed E-state index contributed by atoms with van der Waals surface area (Å²) >= 11 is 0. The van der Waals surface area contributed by atoms with E-state index in [-0.39, 0.29) is 11.8 Å². The molecular weight excluding hydrogens is 302 g/mol. The Hall–Kier alpha value is -3.13. The number of nitrogens with zero attached hydrogens (tertiary/aromatic N) is 2. The largest absolute Gasteiger partial charge is 0.438 e. The third kappa shape index (κ3) is 3.79. The van der Waals surface area contributed by atoms with Crippen LogP contribution in [-0.2, 0) is 4.79 Å². The van der Waals surface area contributed by atoms with E-state index >= 15 is 0 Å². The zero-order valence-corrected chi connectivity index (χ0v) is 13.1. The molecule has 0 saturated heterocycles. The van der Waals surface area contributed by atoms with E-state index < -0.39 is 0 Å². The topological polar surface area (TPSA) is 75.0 Å². The highest BCUT2D eigenvalue weighted by molar-refractivity contribution is 5.92. The third-order valence-electron chi connectivity index (χ3n) is 3.87. The van der Waals surface area contributed by atoms with Gasteiger partial charge in [-0.3, -0.25) is 4.79 Å². The lowest BCUT2D eigenvalue weighted by Gasteiger charge is -2.17. The predicted octanol–water partition coefficient (Wildman–Crippen LogP) is 4.04. The Balaban J connectivity index is 1.64. The van der Waals surface area contributed by atoms with Gasteiger partial charge in [0.15, 0.2) is 0 Å². The molecular formula is C19H17N3O2. The molecule has 1 aromatic heterocycles. The number of carbonyl (C=O) groups excluding carboxylic acids is 1. The summed E-state index contributed by atoms with van der Waals surface area (Å²) in [7, 11) is 0. The first-order valence-corrected chi connectivity index (χ1v) is 7.85. The van der Waals surface area contributed by atoms with Crippen LogP contribution < -0.4 is 10.1 Å². The number of amides is 1. The van der Waals surface area contributed by atoms with Crippen molar-refractivity contribution in [2.75, 3.05) is 5.32 Å². The molecule has 1 aliphatic carbocycles. The molecule has 0 saturated carbocycles. The lowest BCUT2D eigenvalue weighted by atomic mass is 9.93. The van der Waals surface area contributed by atoms with E-state index in [9.17, 15) is 4.79 Å². The Morgan fingerprint density at radius 3 is 2.83 bits per heavy atom. The molecule has 3 rings (SSSR count). The molecule has 5 heteroatoms. The second-order valence-electron chi connectivity index (χ2n) is 5.57. The summed E-state index contributed by atoms with van der Waals surface area (Å²) in [6.07, 6.45) is 8.32. The number of hydrogen-bond acceptors (Lipinski definition) is 4. The number of hydrogen-bond donors (Lipinski definition) is 1. The molecule has 2 aromatic rings. The van der Waals surface area contributed by atoms with Crippen LogP contribution in [0.4, 0.5) is 5.69 Å². The zero-order chi connectivity index (χ0) is 16.8. The normalized spacial score (nSPS) is 16.2. The van der Waals surface area contributed by atoms with Crippen LogP contribution in [0.3, 0.4) is 0 Å². The first kappa shape index (κ1) is 15.8. The summed E-state index contributed by atoms with van der Waals surface area (Å²) in [5.41, 5.74) is 1.08. The van der Waals surface area contributed by atoms with Crippen molar-refractivity contribution in [3.8, 4) is 17.7 Å². The summed E-state index contributed by atoms with van der Waals surface area (Å²) in [6, 6.07) is 12.5. The van der Waals surface area contributed by atoms with E-state index in [0.717, 1.165) is 19.3 Å². The maximum Gasteiger partial charge on any atom is 0.227 e. The first-order chi connectivity index (χ1) is 11.8. The summed E-state index contributed by atoms with van der Waals surface area (Å²) in [5, 5.41) is 11.9. The minimum atomic E-state index is 0.0182. The van der Waals surface area contributed by atoms with E-state index in [1.165, 1.54) is 0 Å². The van der Waals surface area contributed by atoms with E-state index in [1.54, 1.807) is 42.6 Å². The zero-order valence-electron chi connectivity index (χ0n) is 13.1. The van der Waals surface area contributed by atoms with Crippen molar-refractivity contribution in [3.63, 3.8) is 0 Å². The molecule has 1 heterocycles. The second-order valence-corrected chi connectivity index (χ2v) is 5.57. The first-order valence-electron chi connectivity index (χ1n) is 7.85. The maximum atomic E-state index is 12.2. The van der Waals surface area contributed by atoms with Crippen LogP contribution in [0.25, 0.3) is 0 Å². The average molecular weight is 319 g/mol. The van der Waals surface area contributed by atoms with Crippen molar-refractivity contribution in [1.82, 2.24) is 4.98 Å². The van der Waals surface area contributed by atoms with Gasteiger partial charge >= 0.3 is 0 Å². The number of carbonyl (C=O) groups is 1. The minimum Gasteiger partial charge on any atom is -0.438 e. The number of nitriles is 1. The van der Waals surface area contributed by atoms with Gasteiger partial charge in [0.25, 0.3) is 0 Å². The van der Waals surface area contributed by atoms with Crippen molar-refractivity contribution < 1.29 is 9.53 Å². The van der Waals surface area contributed by atoms with Crippen LogP contribution in [0.1, 0.15) is 24.8 Å². The standard InChI is InChI=1S/C19H17N3O2/c20-12-15-8-4-5-9-17(15)24-18-11-10-16(13-21-18)22-19(23)14-6-2-1-3-7-14/h1-2,4-5,8-11,13-14H,3,6-7H2,(H,22,23)/t14-/m0/s1. The number of aromatic nitrogens is 1. The molecule has 1 N–H and O–H groups in total. The van der Waals surface area contributed by atoms with Gasteiger partial charge in [0.1, 0.15) is 11.8 Å². The van der Waals surface area contributed by atoms with Gasteiger partial charge in [-0.05, 0) is 37.5 Å². The fraction of sp³-hybridized carbons (Fsp3) is 0.211. The van der Waals surface area contributed by atoms with Gasteiger partial charge in [0.05, 0.1) is 17.4 Å². The van der Waals surface area contributed by atoms with Crippen LogP contribution >= 0.6 is 0 Å². The fourth-order valence-electron chi connectivity index (χ4n) is 2.55. The predicted molar refractivity (Wildman–Crippen MR) is 90.6 cm³/mol. The maximum absolute atomic E-state index is 12.2. The van der Waals surface area contributed by atoms with Crippen LogP contribution in [0, 0.1) is 17.2 Å². The molecule has 0 fully saturated rings. The van der Waals surface area contributed by atoms with Gasteiger partial charge in [-0.2, -0.15) is 5.26 Å². The molecule has 24 heavy (non-hydrogen) atoms. The van der Waals surface area contributed by atoms with Gasteiger partial charge in [0, 0.05) is 12.0 Å². The SMILES string of the molecule is N#Cc1ccccc1Oc1ccc(NC(=O)[C@H]2CC=CCC2)cn1. The van der Waals surface area contributed by atoms with Crippen molar-refractivity contribution in [2.24, 2.45) is 5.92 Å². The molecule has 1 amide bonds. The molecule has 0 bridgehead atoms. The van der Waals surface area contributed by atoms with E-state index in [4.69, 9.17) is 10.00 Å². The number of anilines is 1. The smallest absolute Gasteiger partial charge is 0.227 e. The van der Waals surface area contributed by atoms with Gasteiger partial charge < -0.3 is 10.1 Å². The Morgan fingerprint density at radius 1 is 1.25 bits per heavy atom. The number of rotatable bonds is 4. The van der Waals surface area contributed by atoms with Crippen LogP contribution in [-0.4, -0.2) is 10.9 Å². The number of nitrogens with one attached hydrogen (secondary N) is 1. The van der Waals surface area contributed by atoms with Gasteiger partial charge in [-0.1, -0.05) is 24.3 Å². The van der Waals surface area contributed by atoms with Gasteiger partial charge in [-0.15, -0.1) is 0 Å². The fourth-order valence-corrected chi connectivity index (χ4v) is 2.55. The van der Waals surface area contributed by atoms with Crippen molar-refractivity contribution in [2.45, 2.75) is 19.3 Å². The highest BCUT2D eigenvalue weighted by Crippen LogP contribution is 2.24. The van der Waals surface area contributed by atoms with Gasteiger partial charge in [-0.25, -0.2) is 4.98 Å². The number of allylic oxidation sites excluding steroid dienone is 2. The summed E-state index contributed by atoms with van der Waals surface area (Å²) < 4.78 is 5.62. The summed E-state index contributed by atoms with van der Waals surface area (Å²) in [4.78, 5) is 16.4. The van der Waals surface area contributed by atoms with E-state index in [0.29, 0.717) is 22.9 Å². The summed E-state index contributed by atoms with van der Waals surface area (Å²) in [5.74, 6) is 0.868. The van der Waals surface area contributed by atoms with E-state index in [1.807, 2.05) is 0 Å². The molecule has 1 atom stereocenters. The molecule has 5 nitrogen and oxygen atoms in total. The Kier molecular flexibility index (Phi) is 4.87. The number of pyridine rings is 1. The highest BCUT2D eigenvalue weighted by Gasteiger charge is 2.18. The molecule has 0 spiro atoms. The second kappa shape index (κ2) is 7.42. The van der Waals surface area contributed by atoms with Crippen molar-refractivity contribution >= 4 is 11.6 Å². The number of para-hydroxylation sites is 1. The summed E-state index contributed by atoms with van der Waals surface area (Å²) in [6.45, 7) is 0. The molecule has 0 radical (unpaired) electrons. The molecule has 1 aromatic carbocycles. The minimum absolute atomic E-state index is 0.0182. The molecule has 0 aliphatic heterocycles. The molecule has 120 valence electrons. The quantitative estimate of drug-likeness (QED) is 0.863. The van der Waals surface area contributed by atoms with Crippen LogP contribution in [0.15, 0.2) is 54.7 Å². The lowest BCUT2D eigenvalue weighted by molar-refractivity contribution is -0.120. The van der Waals surface area contributed by atoms with Gasteiger partial charge in [0.2, 0.25) is 11.8 Å². The molecule has 1 aliphatic rings. The Bertz CT molecular complexity index is 791. The van der Waals surface area contributed by atoms with Crippen LogP contribution in [0.2, 0.25) is 0 Å². The Labute approximate surface area is 140 Å². The third-order valence-corrected chi connectivity index (χ3v) is 3.87. The number of ether oxygens (including phenoxy) is 1. The highest BCUT2D eigenvalue weighted by atomic mass is 16.5. The molecule has 0 unspecified atom stereocenters. The van der Waals surface area contributed by atoms with Crippen molar-refractivity contribution in [1.29, 1.82) is 5.26 Å². The average Bonchev–Trinajstić information content (AvgIpc) is 2.64. The lowest BCUT2D eigenvalue weighted by Crippen LogP contribution is -2.23. The Morgan fingerprint density at radius 2 is 2.12 bits per heavy atom.